The first kappa shape index (κ1) is 10.8. The highest BCUT2D eigenvalue weighted by Gasteiger charge is 2.10. The fourth-order valence-corrected chi connectivity index (χ4v) is 1.51. The molecule has 0 fully saturated rings. The Kier molecular flexibility index (Phi) is 3.29. The van der Waals surface area contributed by atoms with E-state index in [9.17, 15) is 8.42 Å². The van der Waals surface area contributed by atoms with E-state index in [1.807, 2.05) is 0 Å². The minimum Gasteiger partial charge on any atom is -0.480 e. The predicted molar refractivity (Wildman–Crippen MR) is 53.9 cm³/mol. The molecule has 0 bridgehead atoms. The van der Waals surface area contributed by atoms with E-state index < -0.39 is 10.0 Å². The smallest absolute Gasteiger partial charge is 0.238 e. The molecule has 6 heteroatoms. The van der Waals surface area contributed by atoms with Crippen molar-refractivity contribution in [3.05, 3.63) is 18.3 Å². The molecule has 1 heterocycles. The first-order valence-corrected chi connectivity index (χ1v) is 5.74. The standard InChI is InChI=1S/C8H12N2O3S/c1-3-14(11,12)10-7-5-4-6-9-8(7)13-2/h4-6,10H,3H2,1-2H3. The molecule has 0 aromatic carbocycles. The van der Waals surface area contributed by atoms with Crippen LogP contribution >= 0.6 is 0 Å². The number of nitrogens with one attached hydrogen (secondary N) is 1. The Balaban J connectivity index is 2.97. The van der Waals surface area contributed by atoms with Gasteiger partial charge in [0.05, 0.1) is 12.9 Å². The van der Waals surface area contributed by atoms with Gasteiger partial charge in [-0.25, -0.2) is 13.4 Å². The molecule has 0 atom stereocenters. The molecule has 1 rings (SSSR count). The Morgan fingerprint density at radius 1 is 1.57 bits per heavy atom. The first-order chi connectivity index (χ1) is 6.59. The Hall–Kier alpha value is -1.30. The fourth-order valence-electron chi connectivity index (χ4n) is 0.871. The minimum absolute atomic E-state index is 0.0189. The van der Waals surface area contributed by atoms with Crippen LogP contribution in [0.15, 0.2) is 18.3 Å². The van der Waals surface area contributed by atoms with E-state index >= 15 is 0 Å². The molecule has 0 radical (unpaired) electrons. The van der Waals surface area contributed by atoms with Crippen molar-refractivity contribution in [3.63, 3.8) is 0 Å². The van der Waals surface area contributed by atoms with Gasteiger partial charge < -0.3 is 4.74 Å². The number of sulfonamides is 1. The number of hydrogen-bond donors (Lipinski definition) is 1. The van der Waals surface area contributed by atoms with Crippen molar-refractivity contribution < 1.29 is 13.2 Å². The van der Waals surface area contributed by atoms with Crippen LogP contribution in [0.3, 0.4) is 0 Å². The molecule has 1 aromatic heterocycles. The number of rotatable bonds is 4. The van der Waals surface area contributed by atoms with E-state index in [1.165, 1.54) is 13.3 Å². The Labute approximate surface area is 83.2 Å². The number of anilines is 1. The molecule has 0 saturated carbocycles. The highest BCUT2D eigenvalue weighted by atomic mass is 32.2. The third-order valence-electron chi connectivity index (χ3n) is 1.61. The topological polar surface area (TPSA) is 68.3 Å². The lowest BCUT2D eigenvalue weighted by molar-refractivity contribution is 0.400. The van der Waals surface area contributed by atoms with Crippen molar-refractivity contribution in [1.29, 1.82) is 0 Å². The highest BCUT2D eigenvalue weighted by Crippen LogP contribution is 2.20. The van der Waals surface area contributed by atoms with Crippen LogP contribution in [-0.2, 0) is 10.0 Å². The number of methoxy groups -OCH3 is 1. The maximum absolute atomic E-state index is 11.2. The highest BCUT2D eigenvalue weighted by molar-refractivity contribution is 7.92. The van der Waals surface area contributed by atoms with Crippen LogP contribution in [0.2, 0.25) is 0 Å². The lowest BCUT2D eigenvalue weighted by Crippen LogP contribution is -2.15. The molecule has 0 spiro atoms. The summed E-state index contributed by atoms with van der Waals surface area (Å²) in [5, 5.41) is 0. The van der Waals surface area contributed by atoms with E-state index in [0.717, 1.165) is 0 Å². The number of ether oxygens (including phenoxy) is 1. The first-order valence-electron chi connectivity index (χ1n) is 4.08. The zero-order valence-corrected chi connectivity index (χ0v) is 8.84. The summed E-state index contributed by atoms with van der Waals surface area (Å²) in [5.74, 6) is 0.287. The molecular weight excluding hydrogens is 204 g/mol. The second-order valence-corrected chi connectivity index (χ2v) is 4.58. The van der Waals surface area contributed by atoms with E-state index in [-0.39, 0.29) is 11.6 Å². The van der Waals surface area contributed by atoms with Gasteiger partial charge in [0.15, 0.2) is 0 Å². The third-order valence-corrected chi connectivity index (χ3v) is 2.90. The minimum atomic E-state index is -3.28. The van der Waals surface area contributed by atoms with Crippen LogP contribution in [0.1, 0.15) is 6.92 Å². The zero-order valence-electron chi connectivity index (χ0n) is 8.02. The summed E-state index contributed by atoms with van der Waals surface area (Å²) in [5.41, 5.74) is 0.358. The third kappa shape index (κ3) is 2.59. The Morgan fingerprint density at radius 3 is 2.86 bits per heavy atom. The van der Waals surface area contributed by atoms with Gasteiger partial charge in [-0.05, 0) is 19.1 Å². The van der Waals surface area contributed by atoms with Crippen molar-refractivity contribution >= 4 is 15.7 Å². The van der Waals surface area contributed by atoms with Crippen molar-refractivity contribution in [2.75, 3.05) is 17.6 Å². The van der Waals surface area contributed by atoms with Crippen LogP contribution in [0.5, 0.6) is 5.88 Å². The summed E-state index contributed by atoms with van der Waals surface area (Å²) in [7, 11) is -1.84. The van der Waals surface area contributed by atoms with E-state index in [4.69, 9.17) is 4.74 Å². The molecule has 14 heavy (non-hydrogen) atoms. The van der Waals surface area contributed by atoms with Crippen molar-refractivity contribution in [2.24, 2.45) is 0 Å². The van der Waals surface area contributed by atoms with Gasteiger partial charge in [0.1, 0.15) is 5.69 Å². The Morgan fingerprint density at radius 2 is 2.29 bits per heavy atom. The maximum Gasteiger partial charge on any atom is 0.238 e. The summed E-state index contributed by atoms with van der Waals surface area (Å²) in [6.45, 7) is 1.56. The summed E-state index contributed by atoms with van der Waals surface area (Å²) < 4.78 is 29.8. The average molecular weight is 216 g/mol. The molecule has 0 amide bonds. The molecule has 0 aliphatic carbocycles. The molecule has 1 N–H and O–H groups in total. The van der Waals surface area contributed by atoms with Gasteiger partial charge in [0, 0.05) is 6.20 Å². The van der Waals surface area contributed by atoms with Crippen LogP contribution < -0.4 is 9.46 Å². The van der Waals surface area contributed by atoms with Gasteiger partial charge in [0.2, 0.25) is 15.9 Å². The van der Waals surface area contributed by atoms with Gasteiger partial charge in [0.25, 0.3) is 0 Å². The summed E-state index contributed by atoms with van der Waals surface area (Å²) in [6, 6.07) is 3.23. The second kappa shape index (κ2) is 4.28. The summed E-state index contributed by atoms with van der Waals surface area (Å²) in [6.07, 6.45) is 1.53. The SMILES string of the molecule is CCS(=O)(=O)Nc1cccnc1OC. The molecule has 78 valence electrons. The monoisotopic (exact) mass is 216 g/mol. The van der Waals surface area contributed by atoms with Gasteiger partial charge in [-0.3, -0.25) is 4.72 Å². The molecule has 5 nitrogen and oxygen atoms in total. The van der Waals surface area contributed by atoms with Crippen LogP contribution in [0.4, 0.5) is 5.69 Å². The van der Waals surface area contributed by atoms with E-state index in [2.05, 4.69) is 9.71 Å². The van der Waals surface area contributed by atoms with Gasteiger partial charge >= 0.3 is 0 Å². The predicted octanol–water partition coefficient (Wildman–Crippen LogP) is 0.852. The largest absolute Gasteiger partial charge is 0.480 e. The number of pyridine rings is 1. The van der Waals surface area contributed by atoms with Gasteiger partial charge in [-0.15, -0.1) is 0 Å². The normalized spacial score (nSPS) is 11.0. The van der Waals surface area contributed by atoms with Crippen LogP contribution in [-0.4, -0.2) is 26.3 Å². The fraction of sp³-hybridized carbons (Fsp3) is 0.375. The van der Waals surface area contributed by atoms with E-state index in [1.54, 1.807) is 19.1 Å². The molecule has 0 saturated heterocycles. The van der Waals surface area contributed by atoms with Crippen LogP contribution in [0.25, 0.3) is 0 Å². The molecule has 0 unspecified atom stereocenters. The van der Waals surface area contributed by atoms with E-state index in [0.29, 0.717) is 5.69 Å². The van der Waals surface area contributed by atoms with Crippen molar-refractivity contribution in [2.45, 2.75) is 6.92 Å². The average Bonchev–Trinajstić information content (AvgIpc) is 2.18. The Bertz CT molecular complexity index is 403. The second-order valence-electron chi connectivity index (χ2n) is 2.57. The van der Waals surface area contributed by atoms with Crippen LogP contribution in [0, 0.1) is 0 Å². The zero-order chi connectivity index (χ0) is 10.6. The number of hydrogen-bond acceptors (Lipinski definition) is 4. The lowest BCUT2D eigenvalue weighted by Gasteiger charge is -2.08. The molecule has 1 aromatic rings. The summed E-state index contributed by atoms with van der Waals surface area (Å²) in [4.78, 5) is 3.87. The quantitative estimate of drug-likeness (QED) is 0.810. The van der Waals surface area contributed by atoms with Crippen molar-refractivity contribution in [3.8, 4) is 5.88 Å². The number of aromatic nitrogens is 1. The molecule has 0 aliphatic rings. The maximum atomic E-state index is 11.2. The molecule has 0 aliphatic heterocycles. The summed E-state index contributed by atoms with van der Waals surface area (Å²) >= 11 is 0. The number of nitrogens with zero attached hydrogens (tertiary/aromatic N) is 1. The van der Waals surface area contributed by atoms with Gasteiger partial charge in [-0.2, -0.15) is 0 Å². The van der Waals surface area contributed by atoms with Crippen molar-refractivity contribution in [1.82, 2.24) is 4.98 Å². The lowest BCUT2D eigenvalue weighted by atomic mass is 10.4. The molecular formula is C8H12N2O3S. The van der Waals surface area contributed by atoms with Gasteiger partial charge in [-0.1, -0.05) is 0 Å².